The topological polar surface area (TPSA) is 51.4 Å². The molecule has 3 heterocycles. The van der Waals surface area contributed by atoms with Crippen molar-refractivity contribution < 1.29 is 9.15 Å². The van der Waals surface area contributed by atoms with Gasteiger partial charge in [-0.1, -0.05) is 12.1 Å². The van der Waals surface area contributed by atoms with Gasteiger partial charge in [-0.2, -0.15) is 0 Å². The lowest BCUT2D eigenvalue weighted by atomic mass is 10.1. The normalized spacial score (nSPS) is 17.9. The number of nitrogens with zero attached hydrogens (tertiary/aromatic N) is 3. The first kappa shape index (κ1) is 16.3. The first-order valence-electron chi connectivity index (χ1n) is 8.47. The standard InChI is InChI=1S/C19H21N3O2S/c1-23-17-4-2-3-14(7-17)8-18-9-20-19(24-18)15-5-6-22(10-15)11-16-12-25-13-21-16/h2-4,7,9,12-13,15H,5-6,8,10-11H2,1H3. The molecule has 0 N–H and O–H groups in total. The molecule has 2 aromatic heterocycles. The molecule has 1 fully saturated rings. The molecule has 6 heteroatoms. The maximum atomic E-state index is 6.04. The second kappa shape index (κ2) is 7.37. The first-order valence-corrected chi connectivity index (χ1v) is 9.41. The zero-order valence-corrected chi connectivity index (χ0v) is 15.0. The zero-order chi connectivity index (χ0) is 17.1. The Morgan fingerprint density at radius 3 is 3.16 bits per heavy atom. The zero-order valence-electron chi connectivity index (χ0n) is 14.2. The summed E-state index contributed by atoms with van der Waals surface area (Å²) in [6.07, 6.45) is 3.68. The van der Waals surface area contributed by atoms with Crippen LogP contribution in [0.25, 0.3) is 0 Å². The molecule has 1 unspecified atom stereocenters. The van der Waals surface area contributed by atoms with E-state index in [1.54, 1.807) is 18.4 Å². The van der Waals surface area contributed by atoms with Crippen molar-refractivity contribution >= 4 is 11.3 Å². The van der Waals surface area contributed by atoms with Crippen molar-refractivity contribution in [2.24, 2.45) is 0 Å². The highest BCUT2D eigenvalue weighted by atomic mass is 32.1. The molecule has 25 heavy (non-hydrogen) atoms. The van der Waals surface area contributed by atoms with E-state index >= 15 is 0 Å². The van der Waals surface area contributed by atoms with Crippen LogP contribution in [-0.2, 0) is 13.0 Å². The first-order chi connectivity index (χ1) is 12.3. The van der Waals surface area contributed by atoms with Gasteiger partial charge >= 0.3 is 0 Å². The van der Waals surface area contributed by atoms with E-state index < -0.39 is 0 Å². The Labute approximate surface area is 151 Å². The highest BCUT2D eigenvalue weighted by molar-refractivity contribution is 7.07. The number of methoxy groups -OCH3 is 1. The second-order valence-electron chi connectivity index (χ2n) is 6.39. The number of benzene rings is 1. The van der Waals surface area contributed by atoms with Crippen LogP contribution in [0.5, 0.6) is 5.75 Å². The Kier molecular flexibility index (Phi) is 4.81. The number of ether oxygens (including phenoxy) is 1. The highest BCUT2D eigenvalue weighted by Gasteiger charge is 2.27. The quantitative estimate of drug-likeness (QED) is 0.674. The van der Waals surface area contributed by atoms with Crippen molar-refractivity contribution in [3.05, 3.63) is 64.3 Å². The van der Waals surface area contributed by atoms with Gasteiger partial charge in [-0.15, -0.1) is 11.3 Å². The Bertz CT molecular complexity index is 816. The predicted molar refractivity (Wildman–Crippen MR) is 97.1 cm³/mol. The summed E-state index contributed by atoms with van der Waals surface area (Å²) >= 11 is 1.65. The van der Waals surface area contributed by atoms with Crippen LogP contribution in [0.2, 0.25) is 0 Å². The summed E-state index contributed by atoms with van der Waals surface area (Å²) in [5, 5.41) is 2.12. The van der Waals surface area contributed by atoms with Crippen molar-refractivity contribution in [2.75, 3.05) is 20.2 Å². The third-order valence-electron chi connectivity index (χ3n) is 4.57. The van der Waals surface area contributed by atoms with Crippen LogP contribution < -0.4 is 4.74 Å². The fourth-order valence-corrected chi connectivity index (χ4v) is 3.85. The van der Waals surface area contributed by atoms with E-state index in [-0.39, 0.29) is 0 Å². The maximum Gasteiger partial charge on any atom is 0.198 e. The molecule has 0 aliphatic carbocycles. The molecule has 0 amide bonds. The Balaban J connectivity index is 1.38. The van der Waals surface area contributed by atoms with E-state index in [1.807, 2.05) is 29.9 Å². The van der Waals surface area contributed by atoms with E-state index in [2.05, 4.69) is 26.3 Å². The summed E-state index contributed by atoms with van der Waals surface area (Å²) in [5.41, 5.74) is 4.21. The molecule has 1 saturated heterocycles. The number of aromatic nitrogens is 2. The molecule has 1 atom stereocenters. The minimum Gasteiger partial charge on any atom is -0.497 e. The molecule has 0 saturated carbocycles. The number of hydrogen-bond donors (Lipinski definition) is 0. The minimum atomic E-state index is 0.373. The monoisotopic (exact) mass is 355 g/mol. The van der Waals surface area contributed by atoms with Crippen molar-refractivity contribution in [1.82, 2.24) is 14.9 Å². The fourth-order valence-electron chi connectivity index (χ4n) is 3.30. The lowest BCUT2D eigenvalue weighted by Crippen LogP contribution is -2.19. The molecule has 0 spiro atoms. The van der Waals surface area contributed by atoms with E-state index in [0.717, 1.165) is 55.6 Å². The lowest BCUT2D eigenvalue weighted by Gasteiger charge is -2.13. The van der Waals surface area contributed by atoms with Gasteiger partial charge in [0, 0.05) is 30.8 Å². The summed E-state index contributed by atoms with van der Waals surface area (Å²) < 4.78 is 11.3. The molecule has 1 aromatic carbocycles. The molecule has 130 valence electrons. The van der Waals surface area contributed by atoms with Crippen molar-refractivity contribution in [2.45, 2.75) is 25.3 Å². The Morgan fingerprint density at radius 2 is 2.32 bits per heavy atom. The lowest BCUT2D eigenvalue weighted by molar-refractivity contribution is 0.315. The number of hydrogen-bond acceptors (Lipinski definition) is 6. The molecule has 3 aromatic rings. The predicted octanol–water partition coefficient (Wildman–Crippen LogP) is 3.72. The molecular formula is C19H21N3O2S. The largest absolute Gasteiger partial charge is 0.497 e. The van der Waals surface area contributed by atoms with Crippen LogP contribution in [0.15, 0.2) is 45.8 Å². The molecule has 5 nitrogen and oxygen atoms in total. The van der Waals surface area contributed by atoms with Crippen molar-refractivity contribution in [1.29, 1.82) is 0 Å². The van der Waals surface area contributed by atoms with E-state index in [1.165, 1.54) is 5.56 Å². The van der Waals surface area contributed by atoms with Gasteiger partial charge in [-0.25, -0.2) is 9.97 Å². The van der Waals surface area contributed by atoms with Crippen LogP contribution in [0.4, 0.5) is 0 Å². The SMILES string of the molecule is COc1cccc(Cc2cnc(C3CCN(Cc4cscn4)C3)o2)c1. The van der Waals surface area contributed by atoms with Crippen molar-refractivity contribution in [3.63, 3.8) is 0 Å². The van der Waals surface area contributed by atoms with Gasteiger partial charge < -0.3 is 9.15 Å². The second-order valence-corrected chi connectivity index (χ2v) is 7.11. The highest BCUT2D eigenvalue weighted by Crippen LogP contribution is 2.28. The van der Waals surface area contributed by atoms with Gasteiger partial charge in [0.1, 0.15) is 11.5 Å². The average Bonchev–Trinajstić information content (AvgIpc) is 3.37. The third kappa shape index (κ3) is 3.91. The number of rotatable bonds is 6. The van der Waals surface area contributed by atoms with Gasteiger partial charge in [0.05, 0.1) is 24.5 Å². The molecule has 4 rings (SSSR count). The van der Waals surface area contributed by atoms with Crippen LogP contribution >= 0.6 is 11.3 Å². The Morgan fingerprint density at radius 1 is 1.36 bits per heavy atom. The number of oxazole rings is 1. The molecule has 1 aliphatic rings. The number of likely N-dealkylation sites (tertiary alicyclic amines) is 1. The third-order valence-corrected chi connectivity index (χ3v) is 5.21. The molecular weight excluding hydrogens is 334 g/mol. The van der Waals surface area contributed by atoms with Gasteiger partial charge in [-0.05, 0) is 30.7 Å². The van der Waals surface area contributed by atoms with Crippen molar-refractivity contribution in [3.8, 4) is 5.75 Å². The Hall–Kier alpha value is -2.18. The molecule has 1 aliphatic heterocycles. The van der Waals surface area contributed by atoms with Crippen LogP contribution in [-0.4, -0.2) is 35.1 Å². The van der Waals surface area contributed by atoms with E-state index in [4.69, 9.17) is 9.15 Å². The number of thiazole rings is 1. The fraction of sp³-hybridized carbons (Fsp3) is 0.368. The van der Waals surface area contributed by atoms with Gasteiger partial charge in [0.2, 0.25) is 0 Å². The summed E-state index contributed by atoms with van der Waals surface area (Å²) in [6.45, 7) is 2.96. The van der Waals surface area contributed by atoms with Crippen LogP contribution in [0.3, 0.4) is 0 Å². The van der Waals surface area contributed by atoms with Gasteiger partial charge in [0.15, 0.2) is 5.89 Å². The smallest absolute Gasteiger partial charge is 0.198 e. The van der Waals surface area contributed by atoms with Crippen LogP contribution in [0.1, 0.15) is 35.2 Å². The summed E-state index contributed by atoms with van der Waals surface area (Å²) in [6, 6.07) is 8.06. The van der Waals surface area contributed by atoms with Gasteiger partial charge in [-0.3, -0.25) is 4.90 Å². The average molecular weight is 355 g/mol. The molecule has 0 bridgehead atoms. The van der Waals surface area contributed by atoms with E-state index in [0.29, 0.717) is 5.92 Å². The maximum absolute atomic E-state index is 6.04. The molecule has 0 radical (unpaired) electrons. The van der Waals surface area contributed by atoms with E-state index in [9.17, 15) is 0 Å². The van der Waals surface area contributed by atoms with Gasteiger partial charge in [0.25, 0.3) is 0 Å². The minimum absolute atomic E-state index is 0.373. The van der Waals surface area contributed by atoms with Crippen LogP contribution in [0, 0.1) is 0 Å². The summed E-state index contributed by atoms with van der Waals surface area (Å²) in [5.74, 6) is 3.00. The summed E-state index contributed by atoms with van der Waals surface area (Å²) in [7, 11) is 1.68. The summed E-state index contributed by atoms with van der Waals surface area (Å²) in [4.78, 5) is 11.3.